The number of hydrogen-bond donors (Lipinski definition) is 0. The number of benzene rings is 2. The first-order valence-corrected chi connectivity index (χ1v) is 13.5. The lowest BCUT2D eigenvalue weighted by molar-refractivity contribution is -0.118. The highest BCUT2D eigenvalue weighted by atomic mass is 32.2. The van der Waals surface area contributed by atoms with Gasteiger partial charge in [-0.2, -0.15) is 0 Å². The third-order valence-electron chi connectivity index (χ3n) is 5.00. The van der Waals surface area contributed by atoms with Crippen LogP contribution in [0.3, 0.4) is 0 Å². The summed E-state index contributed by atoms with van der Waals surface area (Å²) in [5.41, 5.74) is 3.19. The Hall–Kier alpha value is -2.35. The number of carbonyl (C=O) groups excluding carboxylic acids is 1. The van der Waals surface area contributed by atoms with Crippen LogP contribution in [0, 0.1) is 6.92 Å². The normalized spacial score (nSPS) is 11.1. The summed E-state index contributed by atoms with van der Waals surface area (Å²) in [7, 11) is 0. The van der Waals surface area contributed by atoms with E-state index in [1.165, 1.54) is 15.4 Å². The molecule has 4 rings (SSSR count). The lowest BCUT2D eigenvalue weighted by atomic mass is 10.2. The lowest BCUT2D eigenvalue weighted by Gasteiger charge is -2.20. The van der Waals surface area contributed by atoms with Crippen LogP contribution in [0.5, 0.6) is 0 Å². The second-order valence-corrected chi connectivity index (χ2v) is 10.5. The van der Waals surface area contributed by atoms with E-state index in [-0.39, 0.29) is 5.91 Å². The molecule has 2 heterocycles. The van der Waals surface area contributed by atoms with Crippen molar-refractivity contribution < 1.29 is 4.79 Å². The van der Waals surface area contributed by atoms with E-state index in [0.29, 0.717) is 13.0 Å². The van der Waals surface area contributed by atoms with Gasteiger partial charge in [0.25, 0.3) is 0 Å². The van der Waals surface area contributed by atoms with Gasteiger partial charge in [-0.3, -0.25) is 14.7 Å². The van der Waals surface area contributed by atoms with Crippen molar-refractivity contribution in [2.45, 2.75) is 36.1 Å². The van der Waals surface area contributed by atoms with E-state index in [0.717, 1.165) is 33.1 Å². The van der Waals surface area contributed by atoms with Gasteiger partial charge in [0.05, 0.1) is 16.8 Å². The second kappa shape index (κ2) is 11.0. The zero-order valence-electron chi connectivity index (χ0n) is 18.2. The summed E-state index contributed by atoms with van der Waals surface area (Å²) in [6, 6.07) is 18.7. The first-order valence-electron chi connectivity index (χ1n) is 10.5. The third-order valence-corrected chi connectivity index (χ3v) is 7.87. The maximum absolute atomic E-state index is 13.3. The molecule has 0 N–H and O–H groups in total. The number of anilines is 1. The third kappa shape index (κ3) is 5.91. The van der Waals surface area contributed by atoms with Gasteiger partial charge >= 0.3 is 0 Å². The number of rotatable bonds is 9. The van der Waals surface area contributed by atoms with Crippen LogP contribution < -0.4 is 4.90 Å². The lowest BCUT2D eigenvalue weighted by Crippen LogP contribution is -2.30. The predicted molar refractivity (Wildman–Crippen MR) is 138 cm³/mol. The summed E-state index contributed by atoms with van der Waals surface area (Å²) >= 11 is 5.08. The Morgan fingerprint density at radius 1 is 1.09 bits per heavy atom. The zero-order chi connectivity index (χ0) is 22.3. The van der Waals surface area contributed by atoms with Gasteiger partial charge in [-0.25, -0.2) is 4.98 Å². The Kier molecular flexibility index (Phi) is 7.84. The first-order chi connectivity index (χ1) is 15.6. The van der Waals surface area contributed by atoms with Crippen LogP contribution >= 0.6 is 34.9 Å². The highest BCUT2D eigenvalue weighted by Crippen LogP contribution is 2.33. The van der Waals surface area contributed by atoms with E-state index in [9.17, 15) is 4.79 Å². The molecule has 4 nitrogen and oxygen atoms in total. The van der Waals surface area contributed by atoms with E-state index in [4.69, 9.17) is 4.98 Å². The van der Waals surface area contributed by atoms with Gasteiger partial charge in [-0.05, 0) is 67.3 Å². The Balaban J connectivity index is 1.47. The van der Waals surface area contributed by atoms with Crippen LogP contribution in [0.15, 0.2) is 76.8 Å². The number of amides is 1. The van der Waals surface area contributed by atoms with E-state index < -0.39 is 0 Å². The smallest absolute Gasteiger partial charge is 0.229 e. The van der Waals surface area contributed by atoms with Crippen LogP contribution in [0.1, 0.15) is 24.0 Å². The van der Waals surface area contributed by atoms with Gasteiger partial charge in [0.2, 0.25) is 5.91 Å². The maximum Gasteiger partial charge on any atom is 0.229 e. The SMILES string of the molecule is CSc1ccc2nc(N(Cc3cccnc3)C(=O)CCCSc3ccc(C)cc3)sc2c1. The summed E-state index contributed by atoms with van der Waals surface area (Å²) in [5, 5.41) is 0.748. The average Bonchev–Trinajstić information content (AvgIpc) is 3.25. The van der Waals surface area contributed by atoms with Crippen LogP contribution in [-0.4, -0.2) is 27.9 Å². The van der Waals surface area contributed by atoms with Gasteiger partial charge in [0.15, 0.2) is 5.13 Å². The summed E-state index contributed by atoms with van der Waals surface area (Å²) in [6.07, 6.45) is 6.94. The number of thioether (sulfide) groups is 2. The summed E-state index contributed by atoms with van der Waals surface area (Å²) in [4.78, 5) is 26.5. The molecule has 0 aliphatic heterocycles. The Labute approximate surface area is 201 Å². The van der Waals surface area contributed by atoms with Gasteiger partial charge in [-0.1, -0.05) is 35.1 Å². The number of aromatic nitrogens is 2. The second-order valence-electron chi connectivity index (χ2n) is 7.44. The van der Waals surface area contributed by atoms with Gasteiger partial charge < -0.3 is 0 Å². The van der Waals surface area contributed by atoms with Crippen molar-refractivity contribution in [1.29, 1.82) is 0 Å². The van der Waals surface area contributed by atoms with Crippen molar-refractivity contribution in [2.75, 3.05) is 16.9 Å². The van der Waals surface area contributed by atoms with Crippen molar-refractivity contribution >= 4 is 56.1 Å². The van der Waals surface area contributed by atoms with Crippen molar-refractivity contribution in [3.05, 3.63) is 78.1 Å². The summed E-state index contributed by atoms with van der Waals surface area (Å²) < 4.78 is 1.10. The zero-order valence-corrected chi connectivity index (χ0v) is 20.6. The number of aryl methyl sites for hydroxylation is 1. The first kappa shape index (κ1) is 22.8. The minimum absolute atomic E-state index is 0.0995. The molecule has 164 valence electrons. The minimum Gasteiger partial charge on any atom is -0.284 e. The molecule has 4 aromatic rings. The average molecular weight is 480 g/mol. The molecule has 0 fully saturated rings. The predicted octanol–water partition coefficient (Wildman–Crippen LogP) is 6.83. The molecule has 2 aromatic heterocycles. The fourth-order valence-corrected chi connectivity index (χ4v) is 5.64. The van der Waals surface area contributed by atoms with E-state index in [1.54, 1.807) is 41.1 Å². The molecule has 1 amide bonds. The number of fused-ring (bicyclic) bond motifs is 1. The largest absolute Gasteiger partial charge is 0.284 e. The van der Waals surface area contributed by atoms with E-state index in [2.05, 4.69) is 54.6 Å². The van der Waals surface area contributed by atoms with Crippen LogP contribution in [-0.2, 0) is 11.3 Å². The number of pyridine rings is 1. The molecule has 0 saturated heterocycles. The molecule has 0 spiro atoms. The molecule has 0 radical (unpaired) electrons. The number of carbonyl (C=O) groups is 1. The monoisotopic (exact) mass is 479 g/mol. The highest BCUT2D eigenvalue weighted by Gasteiger charge is 2.20. The number of nitrogens with zero attached hydrogens (tertiary/aromatic N) is 3. The molecule has 0 saturated carbocycles. The fraction of sp³-hybridized carbons (Fsp3) is 0.240. The molecular formula is C25H25N3OS3. The quantitative estimate of drug-likeness (QED) is 0.194. The summed E-state index contributed by atoms with van der Waals surface area (Å²) in [5.74, 6) is 1.01. The van der Waals surface area contributed by atoms with Gasteiger partial charge in [-0.15, -0.1) is 23.5 Å². The Bertz CT molecular complexity index is 1180. The van der Waals surface area contributed by atoms with Crippen molar-refractivity contribution in [1.82, 2.24) is 9.97 Å². The van der Waals surface area contributed by atoms with Gasteiger partial charge in [0, 0.05) is 28.6 Å². The fourth-order valence-electron chi connectivity index (χ4n) is 3.25. The molecule has 0 unspecified atom stereocenters. The minimum atomic E-state index is 0.0995. The van der Waals surface area contributed by atoms with Crippen molar-refractivity contribution in [3.8, 4) is 0 Å². The van der Waals surface area contributed by atoms with E-state index in [1.807, 2.05) is 29.3 Å². The maximum atomic E-state index is 13.3. The number of thiazole rings is 1. The molecular weight excluding hydrogens is 454 g/mol. The molecule has 0 aliphatic carbocycles. The Morgan fingerprint density at radius 2 is 1.91 bits per heavy atom. The Morgan fingerprint density at radius 3 is 2.66 bits per heavy atom. The van der Waals surface area contributed by atoms with Crippen molar-refractivity contribution in [2.24, 2.45) is 0 Å². The highest BCUT2D eigenvalue weighted by molar-refractivity contribution is 7.99. The summed E-state index contributed by atoms with van der Waals surface area (Å²) in [6.45, 7) is 2.57. The molecule has 0 atom stereocenters. The van der Waals surface area contributed by atoms with Crippen molar-refractivity contribution in [3.63, 3.8) is 0 Å². The van der Waals surface area contributed by atoms with Crippen LogP contribution in [0.25, 0.3) is 10.2 Å². The molecule has 2 aromatic carbocycles. The van der Waals surface area contributed by atoms with Crippen LogP contribution in [0.4, 0.5) is 5.13 Å². The topological polar surface area (TPSA) is 46.1 Å². The molecule has 0 bridgehead atoms. The number of hydrogen-bond acceptors (Lipinski definition) is 6. The standard InChI is InChI=1S/C25H25N3OS3/c1-18-7-9-20(10-8-18)31-14-4-6-24(29)28(17-19-5-3-13-26-16-19)25-27-22-12-11-21(30-2)15-23(22)32-25/h3,5,7-13,15-16H,4,6,14,17H2,1-2H3. The van der Waals surface area contributed by atoms with E-state index >= 15 is 0 Å². The van der Waals surface area contributed by atoms with Crippen LogP contribution in [0.2, 0.25) is 0 Å². The molecule has 0 aliphatic rings. The van der Waals surface area contributed by atoms with Gasteiger partial charge in [0.1, 0.15) is 0 Å². The molecule has 7 heteroatoms. The molecule has 32 heavy (non-hydrogen) atoms.